The van der Waals surface area contributed by atoms with E-state index in [1.54, 1.807) is 0 Å². The second-order valence-corrected chi connectivity index (χ2v) is 1.48. The molecule has 3 heteroatoms. The predicted molar refractivity (Wildman–Crippen MR) is 28.4 cm³/mol. The van der Waals surface area contributed by atoms with Crippen LogP contribution in [0.1, 0.15) is 12.8 Å². The highest BCUT2D eigenvalue weighted by Gasteiger charge is 1.97. The monoisotopic (exact) mass is 109 g/mol. The summed E-state index contributed by atoms with van der Waals surface area (Å²) >= 11 is 0. The Morgan fingerprint density at radius 2 is 1.62 bits per heavy atom. The van der Waals surface area contributed by atoms with Gasteiger partial charge in [0.05, 0.1) is 25.0 Å². The zero-order valence-corrected chi connectivity index (χ0v) is 4.46. The summed E-state index contributed by atoms with van der Waals surface area (Å²) in [5, 5.41) is 16.0. The molecule has 0 atom stereocenters. The van der Waals surface area contributed by atoms with Gasteiger partial charge in [-0.1, -0.05) is 0 Å². The molecule has 0 aliphatic heterocycles. The van der Waals surface area contributed by atoms with Crippen LogP contribution in [-0.2, 0) is 0 Å². The van der Waals surface area contributed by atoms with Gasteiger partial charge in [0.15, 0.2) is 0 Å². The SMILES string of the molecule is N#CCC(N)CC#N. The minimum absolute atomic E-state index is 0.259. The number of rotatable bonds is 2. The van der Waals surface area contributed by atoms with Crippen LogP contribution in [0.5, 0.6) is 0 Å². The second kappa shape index (κ2) is 4.11. The third kappa shape index (κ3) is 3.14. The molecule has 0 aromatic carbocycles. The van der Waals surface area contributed by atoms with Crippen molar-refractivity contribution in [3.63, 3.8) is 0 Å². The van der Waals surface area contributed by atoms with E-state index >= 15 is 0 Å². The fourth-order valence-corrected chi connectivity index (χ4v) is 0.307. The van der Waals surface area contributed by atoms with Crippen LogP contribution < -0.4 is 5.73 Å². The van der Waals surface area contributed by atoms with Gasteiger partial charge < -0.3 is 5.73 Å². The van der Waals surface area contributed by atoms with Gasteiger partial charge in [-0.3, -0.25) is 0 Å². The van der Waals surface area contributed by atoms with Gasteiger partial charge in [0.2, 0.25) is 0 Å². The second-order valence-electron chi connectivity index (χ2n) is 1.48. The van der Waals surface area contributed by atoms with Crippen molar-refractivity contribution >= 4 is 0 Å². The number of nitriles is 2. The molecule has 0 radical (unpaired) electrons. The lowest BCUT2D eigenvalue weighted by Gasteiger charge is -1.95. The molecule has 0 spiro atoms. The summed E-state index contributed by atoms with van der Waals surface area (Å²) in [5.74, 6) is 0. The van der Waals surface area contributed by atoms with Gasteiger partial charge >= 0.3 is 0 Å². The Morgan fingerprint density at radius 3 is 1.88 bits per heavy atom. The average molecular weight is 109 g/mol. The molecule has 0 aromatic heterocycles. The molecule has 42 valence electrons. The van der Waals surface area contributed by atoms with Crippen LogP contribution in [0.3, 0.4) is 0 Å². The molecular weight excluding hydrogens is 102 g/mol. The van der Waals surface area contributed by atoms with E-state index in [0.29, 0.717) is 0 Å². The highest BCUT2D eigenvalue weighted by atomic mass is 14.6. The zero-order chi connectivity index (χ0) is 6.41. The van der Waals surface area contributed by atoms with Crippen molar-refractivity contribution in [1.82, 2.24) is 0 Å². The molecule has 0 aliphatic carbocycles. The average Bonchev–Trinajstić information content (AvgIpc) is 1.68. The molecule has 0 aliphatic rings. The molecule has 0 saturated carbocycles. The Morgan fingerprint density at radius 1 is 1.25 bits per heavy atom. The Labute approximate surface area is 48.3 Å². The van der Waals surface area contributed by atoms with Gasteiger partial charge in [0.1, 0.15) is 0 Å². The van der Waals surface area contributed by atoms with Crippen LogP contribution in [0, 0.1) is 22.7 Å². The van der Waals surface area contributed by atoms with Gasteiger partial charge in [-0.2, -0.15) is 10.5 Å². The molecule has 0 rings (SSSR count). The highest BCUT2D eigenvalue weighted by molar-refractivity contribution is 4.85. The molecule has 0 fully saturated rings. The van der Waals surface area contributed by atoms with Gasteiger partial charge in [-0.25, -0.2) is 0 Å². The fourth-order valence-electron chi connectivity index (χ4n) is 0.307. The van der Waals surface area contributed by atoms with E-state index in [-0.39, 0.29) is 18.9 Å². The minimum Gasteiger partial charge on any atom is -0.326 e. The summed E-state index contributed by atoms with van der Waals surface area (Å²) in [4.78, 5) is 0. The first-order chi connectivity index (χ1) is 3.81. The molecular formula is C5H7N3. The van der Waals surface area contributed by atoms with E-state index < -0.39 is 0 Å². The van der Waals surface area contributed by atoms with Gasteiger partial charge in [0, 0.05) is 6.04 Å². The smallest absolute Gasteiger partial charge is 0.0638 e. The maximum Gasteiger partial charge on any atom is 0.0638 e. The van der Waals surface area contributed by atoms with Crippen LogP contribution in [0.2, 0.25) is 0 Å². The Bertz CT molecular complexity index is 112. The molecule has 0 bridgehead atoms. The lowest BCUT2D eigenvalue weighted by atomic mass is 10.2. The number of nitrogens with two attached hydrogens (primary N) is 1. The lowest BCUT2D eigenvalue weighted by Crippen LogP contribution is -2.17. The molecule has 0 unspecified atom stereocenters. The van der Waals surface area contributed by atoms with Crippen molar-refractivity contribution < 1.29 is 0 Å². The molecule has 3 nitrogen and oxygen atoms in total. The van der Waals surface area contributed by atoms with E-state index in [0.717, 1.165) is 0 Å². The minimum atomic E-state index is -0.259. The van der Waals surface area contributed by atoms with Gasteiger partial charge in [0.25, 0.3) is 0 Å². The molecule has 0 aromatic rings. The summed E-state index contributed by atoms with van der Waals surface area (Å²) in [7, 11) is 0. The van der Waals surface area contributed by atoms with Crippen LogP contribution in [0.15, 0.2) is 0 Å². The van der Waals surface area contributed by atoms with Crippen molar-refractivity contribution in [2.75, 3.05) is 0 Å². The Hall–Kier alpha value is -1.06. The van der Waals surface area contributed by atoms with Gasteiger partial charge in [-0.15, -0.1) is 0 Å². The van der Waals surface area contributed by atoms with Crippen molar-refractivity contribution in [1.29, 1.82) is 10.5 Å². The first-order valence-corrected chi connectivity index (χ1v) is 2.30. The topological polar surface area (TPSA) is 73.6 Å². The molecule has 2 N–H and O–H groups in total. The Kier molecular flexibility index (Phi) is 3.56. The number of nitrogens with zero attached hydrogens (tertiary/aromatic N) is 2. The highest BCUT2D eigenvalue weighted by Crippen LogP contribution is 1.88. The summed E-state index contributed by atoms with van der Waals surface area (Å²) in [6.45, 7) is 0. The summed E-state index contributed by atoms with van der Waals surface area (Å²) in [6.07, 6.45) is 0.543. The maximum absolute atomic E-state index is 8.02. The number of hydrogen-bond donors (Lipinski definition) is 1. The molecule has 0 amide bonds. The van der Waals surface area contributed by atoms with E-state index in [9.17, 15) is 0 Å². The molecule has 0 heterocycles. The summed E-state index contributed by atoms with van der Waals surface area (Å²) in [5.41, 5.74) is 5.25. The van der Waals surface area contributed by atoms with Crippen molar-refractivity contribution in [2.24, 2.45) is 5.73 Å². The van der Waals surface area contributed by atoms with Crippen molar-refractivity contribution in [3.8, 4) is 12.1 Å². The van der Waals surface area contributed by atoms with Crippen LogP contribution >= 0.6 is 0 Å². The predicted octanol–water partition coefficient (Wildman–Crippen LogP) is 0.141. The third-order valence-electron chi connectivity index (χ3n) is 0.707. The van der Waals surface area contributed by atoms with Crippen molar-refractivity contribution in [2.45, 2.75) is 18.9 Å². The van der Waals surface area contributed by atoms with Crippen molar-refractivity contribution in [3.05, 3.63) is 0 Å². The quantitative estimate of drug-likeness (QED) is 0.548. The zero-order valence-electron chi connectivity index (χ0n) is 4.46. The van der Waals surface area contributed by atoms with Crippen LogP contribution in [-0.4, -0.2) is 6.04 Å². The normalized spacial score (nSPS) is 8.00. The number of hydrogen-bond acceptors (Lipinski definition) is 3. The lowest BCUT2D eigenvalue weighted by molar-refractivity contribution is 0.707. The molecule has 0 saturated heterocycles. The van der Waals surface area contributed by atoms with Crippen LogP contribution in [0.25, 0.3) is 0 Å². The van der Waals surface area contributed by atoms with Gasteiger partial charge in [-0.05, 0) is 0 Å². The first-order valence-electron chi connectivity index (χ1n) is 2.30. The van der Waals surface area contributed by atoms with E-state index in [1.807, 2.05) is 12.1 Å². The largest absolute Gasteiger partial charge is 0.326 e. The molecule has 8 heavy (non-hydrogen) atoms. The maximum atomic E-state index is 8.02. The third-order valence-corrected chi connectivity index (χ3v) is 0.707. The Balaban J connectivity index is 3.25. The standard InChI is InChI=1S/C5H7N3/c6-3-1-5(8)2-4-7/h5H,1-2,8H2. The van der Waals surface area contributed by atoms with E-state index in [4.69, 9.17) is 16.3 Å². The van der Waals surface area contributed by atoms with Crippen LogP contribution in [0.4, 0.5) is 0 Å². The van der Waals surface area contributed by atoms with E-state index in [1.165, 1.54) is 0 Å². The fraction of sp³-hybridized carbons (Fsp3) is 0.600. The summed E-state index contributed by atoms with van der Waals surface area (Å²) < 4.78 is 0. The summed E-state index contributed by atoms with van der Waals surface area (Å²) in [6, 6.07) is 3.49. The first kappa shape index (κ1) is 6.94. The van der Waals surface area contributed by atoms with E-state index in [2.05, 4.69) is 0 Å².